The molecule has 0 spiro atoms. The quantitative estimate of drug-likeness (QED) is 0.899. The van der Waals surface area contributed by atoms with Crippen molar-refractivity contribution in [3.63, 3.8) is 0 Å². The topological polar surface area (TPSA) is 89.3 Å². The molecule has 2 atom stereocenters. The number of aromatic nitrogens is 2. The second-order valence-electron chi connectivity index (χ2n) is 6.14. The van der Waals surface area contributed by atoms with Crippen molar-refractivity contribution in [3.05, 3.63) is 34.6 Å². The Morgan fingerprint density at radius 3 is 2.59 bits per heavy atom. The third-order valence-electron chi connectivity index (χ3n) is 4.32. The summed E-state index contributed by atoms with van der Waals surface area (Å²) in [6.45, 7) is 1.70. The standard InChI is InChI=1S/C15H18N2O4S/c1-15(19)9-3-4-11(15)17-13(18)8-6-10-5-7-12(16-14(10)17)22(2,20)21/h5-8,11,19H,3-4,9H2,1-2H3/t11-,15-/m1/s1. The van der Waals surface area contributed by atoms with Gasteiger partial charge in [0.1, 0.15) is 5.65 Å². The van der Waals surface area contributed by atoms with E-state index in [-0.39, 0.29) is 10.6 Å². The second-order valence-corrected chi connectivity index (χ2v) is 8.10. The molecule has 118 valence electrons. The van der Waals surface area contributed by atoms with Crippen molar-refractivity contribution in [1.29, 1.82) is 0 Å². The van der Waals surface area contributed by atoms with Gasteiger partial charge in [-0.15, -0.1) is 0 Å². The van der Waals surface area contributed by atoms with Crippen LogP contribution in [-0.4, -0.2) is 34.9 Å². The van der Waals surface area contributed by atoms with Crippen molar-refractivity contribution < 1.29 is 13.5 Å². The smallest absolute Gasteiger partial charge is 0.252 e. The van der Waals surface area contributed by atoms with Gasteiger partial charge in [-0.2, -0.15) is 0 Å². The van der Waals surface area contributed by atoms with Crippen LogP contribution in [0.1, 0.15) is 32.2 Å². The molecule has 3 rings (SSSR count). The Hall–Kier alpha value is -1.73. The summed E-state index contributed by atoms with van der Waals surface area (Å²) in [7, 11) is -3.47. The lowest BCUT2D eigenvalue weighted by Crippen LogP contribution is -2.37. The summed E-state index contributed by atoms with van der Waals surface area (Å²) >= 11 is 0. The number of hydrogen-bond acceptors (Lipinski definition) is 5. The number of rotatable bonds is 2. The SMILES string of the molecule is C[C@@]1(O)CCC[C@H]1n1c(=O)ccc2ccc(S(C)(=O)=O)nc21. The molecule has 0 saturated heterocycles. The maximum Gasteiger partial charge on any atom is 0.252 e. The number of fused-ring (bicyclic) bond motifs is 1. The first kappa shape index (κ1) is 15.2. The molecule has 2 heterocycles. The summed E-state index contributed by atoms with van der Waals surface area (Å²) in [5.74, 6) is 0. The van der Waals surface area contributed by atoms with Gasteiger partial charge in [0.05, 0.1) is 11.6 Å². The Labute approximate surface area is 128 Å². The van der Waals surface area contributed by atoms with Gasteiger partial charge in [-0.1, -0.05) is 0 Å². The minimum atomic E-state index is -3.47. The van der Waals surface area contributed by atoms with Gasteiger partial charge in [0.15, 0.2) is 14.9 Å². The molecule has 1 aliphatic rings. The van der Waals surface area contributed by atoms with Crippen LogP contribution in [0.3, 0.4) is 0 Å². The number of sulfone groups is 1. The third-order valence-corrected chi connectivity index (χ3v) is 5.31. The van der Waals surface area contributed by atoms with Crippen LogP contribution < -0.4 is 5.56 Å². The van der Waals surface area contributed by atoms with Crippen molar-refractivity contribution in [2.45, 2.75) is 42.9 Å². The minimum Gasteiger partial charge on any atom is -0.388 e. The molecule has 1 N–H and O–H groups in total. The predicted molar refractivity (Wildman–Crippen MR) is 82.6 cm³/mol. The summed E-state index contributed by atoms with van der Waals surface area (Å²) in [6, 6.07) is 5.72. The highest BCUT2D eigenvalue weighted by Crippen LogP contribution is 2.39. The molecule has 0 amide bonds. The van der Waals surface area contributed by atoms with Crippen LogP contribution in [0.25, 0.3) is 11.0 Å². The lowest BCUT2D eigenvalue weighted by molar-refractivity contribution is 0.0266. The van der Waals surface area contributed by atoms with Gasteiger partial charge in [-0.05, 0) is 44.4 Å². The molecule has 7 heteroatoms. The maximum absolute atomic E-state index is 12.3. The zero-order valence-electron chi connectivity index (χ0n) is 12.5. The van der Waals surface area contributed by atoms with Gasteiger partial charge in [-0.25, -0.2) is 13.4 Å². The van der Waals surface area contributed by atoms with E-state index < -0.39 is 21.5 Å². The van der Waals surface area contributed by atoms with Crippen LogP contribution in [0.2, 0.25) is 0 Å². The van der Waals surface area contributed by atoms with Crippen LogP contribution in [0.5, 0.6) is 0 Å². The first-order chi connectivity index (χ1) is 10.2. The largest absolute Gasteiger partial charge is 0.388 e. The lowest BCUT2D eigenvalue weighted by atomic mass is 10.00. The van der Waals surface area contributed by atoms with Gasteiger partial charge in [-0.3, -0.25) is 9.36 Å². The zero-order valence-corrected chi connectivity index (χ0v) is 13.3. The van der Waals surface area contributed by atoms with Crippen LogP contribution in [0.15, 0.2) is 34.1 Å². The Morgan fingerprint density at radius 2 is 2.00 bits per heavy atom. The number of aliphatic hydroxyl groups is 1. The molecule has 0 radical (unpaired) electrons. The highest BCUT2D eigenvalue weighted by molar-refractivity contribution is 7.90. The molecular formula is C15H18N2O4S. The van der Waals surface area contributed by atoms with Crippen LogP contribution in [0.4, 0.5) is 0 Å². The number of nitrogens with zero attached hydrogens (tertiary/aromatic N) is 2. The Bertz CT molecular complexity index is 899. The van der Waals surface area contributed by atoms with Crippen LogP contribution in [-0.2, 0) is 9.84 Å². The van der Waals surface area contributed by atoms with E-state index >= 15 is 0 Å². The molecule has 6 nitrogen and oxygen atoms in total. The molecule has 2 aromatic heterocycles. The molecule has 0 aromatic carbocycles. The fourth-order valence-corrected chi connectivity index (χ4v) is 3.72. The maximum atomic E-state index is 12.3. The summed E-state index contributed by atoms with van der Waals surface area (Å²) in [5, 5.41) is 11.1. The van der Waals surface area contributed by atoms with Crippen molar-refractivity contribution >= 4 is 20.9 Å². The van der Waals surface area contributed by atoms with Gasteiger partial charge in [0, 0.05) is 17.7 Å². The molecule has 1 fully saturated rings. The average Bonchev–Trinajstić information content (AvgIpc) is 2.76. The monoisotopic (exact) mass is 322 g/mol. The van der Waals surface area contributed by atoms with Crippen LogP contribution in [0, 0.1) is 0 Å². The average molecular weight is 322 g/mol. The molecule has 0 unspecified atom stereocenters. The lowest BCUT2D eigenvalue weighted by Gasteiger charge is -2.28. The molecular weight excluding hydrogens is 304 g/mol. The van der Waals surface area contributed by atoms with E-state index in [9.17, 15) is 18.3 Å². The summed E-state index contributed by atoms with van der Waals surface area (Å²) < 4.78 is 24.9. The summed E-state index contributed by atoms with van der Waals surface area (Å²) in [4.78, 5) is 16.5. The van der Waals surface area contributed by atoms with E-state index in [0.717, 1.165) is 12.7 Å². The van der Waals surface area contributed by atoms with Gasteiger partial charge >= 0.3 is 0 Å². The Balaban J connectivity index is 2.33. The first-order valence-electron chi connectivity index (χ1n) is 7.15. The Kier molecular flexibility index (Phi) is 3.37. The van der Waals surface area contributed by atoms with E-state index in [1.54, 1.807) is 19.1 Å². The Morgan fingerprint density at radius 1 is 1.32 bits per heavy atom. The highest BCUT2D eigenvalue weighted by atomic mass is 32.2. The highest BCUT2D eigenvalue weighted by Gasteiger charge is 2.39. The second kappa shape index (κ2) is 4.89. The van der Waals surface area contributed by atoms with Gasteiger partial charge in [0.25, 0.3) is 5.56 Å². The third kappa shape index (κ3) is 2.44. The fourth-order valence-electron chi connectivity index (χ4n) is 3.16. The summed E-state index contributed by atoms with van der Waals surface area (Å²) in [5.41, 5.74) is -0.971. The van der Waals surface area contributed by atoms with E-state index in [0.29, 0.717) is 23.9 Å². The van der Waals surface area contributed by atoms with E-state index in [4.69, 9.17) is 0 Å². The van der Waals surface area contributed by atoms with Crippen LogP contribution >= 0.6 is 0 Å². The van der Waals surface area contributed by atoms with Crippen molar-refractivity contribution in [2.75, 3.05) is 6.26 Å². The van der Waals surface area contributed by atoms with Crippen molar-refractivity contribution in [3.8, 4) is 0 Å². The van der Waals surface area contributed by atoms with Crippen molar-refractivity contribution in [2.24, 2.45) is 0 Å². The van der Waals surface area contributed by atoms with Crippen molar-refractivity contribution in [1.82, 2.24) is 9.55 Å². The zero-order chi connectivity index (χ0) is 16.1. The van der Waals surface area contributed by atoms with Gasteiger partial charge < -0.3 is 5.11 Å². The normalized spacial score (nSPS) is 25.7. The molecule has 1 aliphatic carbocycles. The van der Waals surface area contributed by atoms with E-state index in [1.807, 2.05) is 0 Å². The molecule has 0 bridgehead atoms. The van der Waals surface area contributed by atoms with Gasteiger partial charge in [0.2, 0.25) is 0 Å². The van der Waals surface area contributed by atoms with E-state index in [1.165, 1.54) is 16.7 Å². The molecule has 0 aliphatic heterocycles. The number of hydrogen-bond donors (Lipinski definition) is 1. The molecule has 2 aromatic rings. The number of pyridine rings is 2. The molecule has 22 heavy (non-hydrogen) atoms. The van der Waals surface area contributed by atoms with E-state index in [2.05, 4.69) is 4.98 Å². The first-order valence-corrected chi connectivity index (χ1v) is 9.04. The predicted octanol–water partition coefficient (Wildman–Crippen LogP) is 1.28. The molecule has 1 saturated carbocycles. The summed E-state index contributed by atoms with van der Waals surface area (Å²) in [6.07, 6.45) is 3.16. The minimum absolute atomic E-state index is 0.0722. The fraction of sp³-hybridized carbons (Fsp3) is 0.467.